The molecule has 1 aliphatic heterocycles. The van der Waals surface area contributed by atoms with Crippen molar-refractivity contribution in [3.63, 3.8) is 0 Å². The normalized spacial score (nSPS) is 14.9. The maximum Gasteiger partial charge on any atom is 0.335 e. The molecule has 1 amide bonds. The molecule has 0 radical (unpaired) electrons. The van der Waals surface area contributed by atoms with Crippen LogP contribution in [0.15, 0.2) is 51.1 Å². The Balaban J connectivity index is 1.86. The van der Waals surface area contributed by atoms with E-state index in [2.05, 4.69) is 10.1 Å². The summed E-state index contributed by atoms with van der Waals surface area (Å²) in [6, 6.07) is 8.80. The fourth-order valence-electron chi connectivity index (χ4n) is 4.14. The van der Waals surface area contributed by atoms with Gasteiger partial charge in [0.25, 0.3) is 5.56 Å². The van der Waals surface area contributed by atoms with Gasteiger partial charge in [0.2, 0.25) is 17.5 Å². The van der Waals surface area contributed by atoms with Crippen molar-refractivity contribution in [2.75, 3.05) is 21.3 Å². The van der Waals surface area contributed by atoms with E-state index in [9.17, 15) is 24.6 Å². The zero-order valence-corrected chi connectivity index (χ0v) is 19.9. The summed E-state index contributed by atoms with van der Waals surface area (Å²) in [5, 5.41) is 26.8. The Morgan fingerprint density at radius 1 is 1.03 bits per heavy atom. The molecule has 0 saturated carbocycles. The van der Waals surface area contributed by atoms with Crippen molar-refractivity contribution >= 4 is 11.6 Å². The highest BCUT2D eigenvalue weighted by Crippen LogP contribution is 2.42. The number of para-hydroxylation sites is 2. The largest absolute Gasteiger partial charge is 0.502 e. The first-order valence-electron chi connectivity index (χ1n) is 10.8. The lowest BCUT2D eigenvalue weighted by molar-refractivity contribution is -0.130. The van der Waals surface area contributed by atoms with Crippen molar-refractivity contribution < 1.29 is 29.2 Å². The maximum absolute atomic E-state index is 12.8. The van der Waals surface area contributed by atoms with Crippen LogP contribution in [0.5, 0.6) is 28.9 Å². The number of carbonyl (C=O) groups excluding carboxylic acids is 1. The van der Waals surface area contributed by atoms with E-state index in [1.807, 2.05) is 0 Å². The third-order valence-electron chi connectivity index (χ3n) is 5.82. The second-order valence-corrected chi connectivity index (χ2v) is 7.87. The summed E-state index contributed by atoms with van der Waals surface area (Å²) in [7, 11) is 4.15. The lowest BCUT2D eigenvalue weighted by Crippen LogP contribution is -2.33. The van der Waals surface area contributed by atoms with E-state index in [1.165, 1.54) is 46.5 Å². The van der Waals surface area contributed by atoms with Gasteiger partial charge in [-0.05, 0) is 29.8 Å². The van der Waals surface area contributed by atoms with Gasteiger partial charge in [0.15, 0.2) is 11.5 Å². The number of hydrazone groups is 1. The van der Waals surface area contributed by atoms with Crippen LogP contribution < -0.4 is 25.5 Å². The summed E-state index contributed by atoms with van der Waals surface area (Å²) in [6.07, 6.45) is 0.0113. The second-order valence-electron chi connectivity index (χ2n) is 7.87. The first kappa shape index (κ1) is 24.4. The van der Waals surface area contributed by atoms with E-state index in [0.29, 0.717) is 5.56 Å². The van der Waals surface area contributed by atoms with Gasteiger partial charge in [-0.2, -0.15) is 5.10 Å². The number of H-pyrrole nitrogens is 1. The Hall–Kier alpha value is -4.74. The Labute approximate surface area is 204 Å². The van der Waals surface area contributed by atoms with Crippen LogP contribution in [0.1, 0.15) is 30.5 Å². The lowest BCUT2D eigenvalue weighted by atomic mass is 9.98. The predicted molar refractivity (Wildman–Crippen MR) is 129 cm³/mol. The number of phenols is 1. The Kier molecular flexibility index (Phi) is 6.43. The minimum atomic E-state index is -0.877. The molecular formula is C24H24N4O8. The molecule has 2 aromatic carbocycles. The van der Waals surface area contributed by atoms with E-state index < -0.39 is 29.1 Å². The molecule has 3 aromatic rings. The standard InChI is InChI=1S/C24H24N4O8/c1-12(29)28-16(13-9-18(35-3)21(30)19(10-13)36-4)11-14(26-28)20-22(31)25-24(33)27(23(20)32)15-7-5-6-8-17(15)34-2/h5-10,16,30,32H,11H2,1-4H3,(H,25,31,33)/t16-/m1/s1. The third kappa shape index (κ3) is 4.02. The van der Waals surface area contributed by atoms with Crippen molar-refractivity contribution in [3.8, 4) is 34.6 Å². The number of benzene rings is 2. The van der Waals surface area contributed by atoms with E-state index >= 15 is 0 Å². The zero-order chi connectivity index (χ0) is 26.1. The van der Waals surface area contributed by atoms with Crippen molar-refractivity contribution in [1.29, 1.82) is 0 Å². The maximum atomic E-state index is 12.8. The molecule has 0 aliphatic carbocycles. The molecule has 0 unspecified atom stereocenters. The van der Waals surface area contributed by atoms with Crippen LogP contribution in [0, 0.1) is 0 Å². The van der Waals surface area contributed by atoms with E-state index in [0.717, 1.165) is 9.58 Å². The van der Waals surface area contributed by atoms with Crippen molar-refractivity contribution in [1.82, 2.24) is 14.6 Å². The number of phenolic OH excluding ortho intramolecular Hbond substituents is 1. The number of nitrogens with one attached hydrogen (secondary N) is 1. The molecule has 0 spiro atoms. The molecule has 1 aromatic heterocycles. The fraction of sp³-hybridized carbons (Fsp3) is 0.250. The number of hydrogen-bond acceptors (Lipinski definition) is 9. The molecule has 36 heavy (non-hydrogen) atoms. The molecule has 0 bridgehead atoms. The molecule has 2 heterocycles. The van der Waals surface area contributed by atoms with Gasteiger partial charge >= 0.3 is 5.69 Å². The van der Waals surface area contributed by atoms with Gasteiger partial charge in [0.1, 0.15) is 11.3 Å². The van der Waals surface area contributed by atoms with E-state index in [1.54, 1.807) is 18.2 Å². The van der Waals surface area contributed by atoms with Gasteiger partial charge in [-0.25, -0.2) is 14.4 Å². The molecule has 3 N–H and O–H groups in total. The summed E-state index contributed by atoms with van der Waals surface area (Å²) >= 11 is 0. The summed E-state index contributed by atoms with van der Waals surface area (Å²) in [6.45, 7) is 1.30. The monoisotopic (exact) mass is 496 g/mol. The summed E-state index contributed by atoms with van der Waals surface area (Å²) in [4.78, 5) is 40.2. The average molecular weight is 496 g/mol. The van der Waals surface area contributed by atoms with Gasteiger partial charge < -0.3 is 24.4 Å². The lowest BCUT2D eigenvalue weighted by Gasteiger charge is -2.22. The SMILES string of the molecule is COc1ccccc1-n1c(O)c(C2=NN(C(C)=O)[C@@H](c3cc(OC)c(O)c(OC)c3)C2)c(=O)[nH]c1=O. The number of hydrogen-bond donors (Lipinski definition) is 3. The minimum absolute atomic E-state index is 0.0113. The van der Waals surface area contributed by atoms with E-state index in [-0.39, 0.29) is 46.4 Å². The van der Waals surface area contributed by atoms with Gasteiger partial charge in [0, 0.05) is 13.3 Å². The summed E-state index contributed by atoms with van der Waals surface area (Å²) in [5.74, 6) is -0.784. The molecule has 4 rings (SSSR count). The van der Waals surface area contributed by atoms with Crippen LogP contribution in [-0.4, -0.2) is 57.7 Å². The number of methoxy groups -OCH3 is 3. The molecule has 188 valence electrons. The third-order valence-corrected chi connectivity index (χ3v) is 5.82. The molecular weight excluding hydrogens is 472 g/mol. The van der Waals surface area contributed by atoms with Gasteiger partial charge in [0.05, 0.1) is 38.8 Å². The molecule has 12 heteroatoms. The van der Waals surface area contributed by atoms with Gasteiger partial charge in [-0.15, -0.1) is 0 Å². The Morgan fingerprint density at radius 2 is 1.64 bits per heavy atom. The highest BCUT2D eigenvalue weighted by Gasteiger charge is 2.35. The first-order chi connectivity index (χ1) is 17.2. The highest BCUT2D eigenvalue weighted by molar-refractivity contribution is 6.04. The van der Waals surface area contributed by atoms with Crippen molar-refractivity contribution in [2.45, 2.75) is 19.4 Å². The van der Waals surface area contributed by atoms with Crippen molar-refractivity contribution in [2.24, 2.45) is 5.10 Å². The van der Waals surface area contributed by atoms with Crippen molar-refractivity contribution in [3.05, 3.63) is 68.4 Å². The molecule has 0 fully saturated rings. The molecule has 12 nitrogen and oxygen atoms in total. The topological polar surface area (TPSA) is 156 Å². The number of nitrogens with zero attached hydrogens (tertiary/aromatic N) is 3. The molecule has 0 saturated heterocycles. The molecule has 1 atom stereocenters. The highest BCUT2D eigenvalue weighted by atomic mass is 16.5. The Bertz CT molecular complexity index is 1470. The van der Waals surface area contributed by atoms with Gasteiger partial charge in [-0.1, -0.05) is 12.1 Å². The number of ether oxygens (including phenoxy) is 3. The number of amides is 1. The molecule has 1 aliphatic rings. The van der Waals surface area contributed by atoms with Crippen LogP contribution >= 0.6 is 0 Å². The van der Waals surface area contributed by atoms with Crippen LogP contribution in [-0.2, 0) is 4.79 Å². The summed E-state index contributed by atoms with van der Waals surface area (Å²) in [5.41, 5.74) is -1.24. The van der Waals surface area contributed by atoms with Crippen LogP contribution in [0.4, 0.5) is 0 Å². The minimum Gasteiger partial charge on any atom is -0.502 e. The fourth-order valence-corrected chi connectivity index (χ4v) is 4.14. The second kappa shape index (κ2) is 9.49. The van der Waals surface area contributed by atoms with Crippen LogP contribution in [0.25, 0.3) is 5.69 Å². The predicted octanol–water partition coefficient (Wildman–Crippen LogP) is 1.66. The number of aromatic nitrogens is 2. The smallest absolute Gasteiger partial charge is 0.335 e. The number of aromatic amines is 1. The quantitative estimate of drug-likeness (QED) is 0.465. The van der Waals surface area contributed by atoms with E-state index in [4.69, 9.17) is 14.2 Å². The zero-order valence-electron chi connectivity index (χ0n) is 19.9. The summed E-state index contributed by atoms with van der Waals surface area (Å²) < 4.78 is 16.6. The number of aromatic hydroxyl groups is 2. The van der Waals surface area contributed by atoms with Crippen LogP contribution in [0.3, 0.4) is 0 Å². The van der Waals surface area contributed by atoms with Gasteiger partial charge in [-0.3, -0.25) is 14.6 Å². The Morgan fingerprint density at radius 3 is 2.22 bits per heavy atom. The number of rotatable bonds is 6. The average Bonchev–Trinajstić information content (AvgIpc) is 3.29. The first-order valence-corrected chi connectivity index (χ1v) is 10.8. The number of carbonyl (C=O) groups is 1. The van der Waals surface area contributed by atoms with Crippen LogP contribution in [0.2, 0.25) is 0 Å².